The fourth-order valence-electron chi connectivity index (χ4n) is 7.24. The van der Waals surface area contributed by atoms with Crippen LogP contribution in [-0.4, -0.2) is 14.2 Å². The summed E-state index contributed by atoms with van der Waals surface area (Å²) in [6, 6.07) is 72.7. The van der Waals surface area contributed by atoms with E-state index < -0.39 is 0 Å². The summed E-state index contributed by atoms with van der Waals surface area (Å²) in [6.07, 6.45) is 10.4. The van der Waals surface area contributed by atoms with E-state index in [1.165, 1.54) is 11.1 Å². The molecule has 4 heteroatoms. The molecule has 294 valence electrons. The summed E-state index contributed by atoms with van der Waals surface area (Å²) in [6.45, 7) is 0. The van der Waals surface area contributed by atoms with Gasteiger partial charge in [-0.05, 0) is 143 Å². The van der Waals surface area contributed by atoms with Gasteiger partial charge < -0.3 is 19.3 Å². The van der Waals surface area contributed by atoms with Gasteiger partial charge in [0.1, 0.15) is 11.5 Å². The molecule has 0 heterocycles. The third-order valence-corrected chi connectivity index (χ3v) is 10.6. The van der Waals surface area contributed by atoms with Gasteiger partial charge >= 0.3 is 0 Å². The van der Waals surface area contributed by atoms with Gasteiger partial charge in [0.25, 0.3) is 0 Å². The lowest BCUT2D eigenvalue weighted by atomic mass is 10.0. The Morgan fingerprint density at radius 2 is 0.550 bits per heavy atom. The van der Waals surface area contributed by atoms with Gasteiger partial charge in [-0.3, -0.25) is 0 Å². The van der Waals surface area contributed by atoms with E-state index in [1.807, 2.05) is 24.3 Å². The predicted octanol–water partition coefficient (Wildman–Crippen LogP) is 14.8. The highest BCUT2D eigenvalue weighted by Crippen LogP contribution is 2.36. The minimum atomic E-state index is 0.858. The van der Waals surface area contributed by atoms with Gasteiger partial charge in [-0.15, -0.1) is 0 Å². The molecule has 0 N–H and O–H groups in total. The molecule has 0 saturated heterocycles. The first-order chi connectivity index (χ1) is 29.6. The Hall–Kier alpha value is -7.56. The molecule has 0 bridgehead atoms. The van der Waals surface area contributed by atoms with Crippen molar-refractivity contribution in [1.82, 2.24) is 0 Å². The summed E-state index contributed by atoms with van der Waals surface area (Å²) in [4.78, 5) is 4.62. The number of hydrogen-bond donors (Lipinski definition) is 0. The number of methoxy groups -OCH3 is 2. The fraction of sp³-hybridized carbons (Fsp3) is 0.0714. The molecule has 0 radical (unpaired) electrons. The van der Waals surface area contributed by atoms with Crippen LogP contribution in [0.3, 0.4) is 0 Å². The maximum Gasteiger partial charge on any atom is 0.118 e. The van der Waals surface area contributed by atoms with Crippen LogP contribution in [-0.2, 0) is 12.8 Å². The third-order valence-electron chi connectivity index (χ3n) is 10.6. The first-order valence-electron chi connectivity index (χ1n) is 20.3. The maximum atomic E-state index is 5.30. The molecule has 0 atom stereocenters. The van der Waals surface area contributed by atoms with E-state index in [9.17, 15) is 0 Å². The largest absolute Gasteiger partial charge is 0.497 e. The summed E-state index contributed by atoms with van der Waals surface area (Å²) in [5.41, 5.74) is 13.9. The second-order valence-electron chi connectivity index (χ2n) is 14.6. The molecule has 0 aliphatic heterocycles. The van der Waals surface area contributed by atoms with Crippen molar-refractivity contribution in [3.63, 3.8) is 0 Å². The van der Waals surface area contributed by atoms with E-state index in [1.54, 1.807) is 14.2 Å². The Labute approximate surface area is 354 Å². The molecule has 60 heavy (non-hydrogen) atoms. The van der Waals surface area contributed by atoms with Crippen LogP contribution in [0.5, 0.6) is 11.5 Å². The molecule has 8 rings (SSSR count). The van der Waals surface area contributed by atoms with Crippen LogP contribution >= 0.6 is 0 Å². The highest BCUT2D eigenvalue weighted by Gasteiger charge is 2.14. The highest BCUT2D eigenvalue weighted by atomic mass is 16.5. The molecule has 0 spiro atoms. The van der Waals surface area contributed by atoms with Crippen LogP contribution < -0.4 is 19.3 Å². The van der Waals surface area contributed by atoms with Gasteiger partial charge in [-0.1, -0.05) is 133 Å². The van der Waals surface area contributed by atoms with Crippen LogP contribution in [0, 0.1) is 0 Å². The van der Waals surface area contributed by atoms with E-state index in [4.69, 9.17) is 9.47 Å². The fourth-order valence-corrected chi connectivity index (χ4v) is 7.24. The monoisotopic (exact) mass is 780 g/mol. The Balaban J connectivity index is 0.938. The molecular weight excluding hydrogens is 733 g/mol. The Morgan fingerprint density at radius 3 is 0.833 bits per heavy atom. The lowest BCUT2D eigenvalue weighted by molar-refractivity contribution is 0.414. The summed E-state index contributed by atoms with van der Waals surface area (Å²) >= 11 is 0. The van der Waals surface area contributed by atoms with Gasteiger partial charge in [0.05, 0.1) is 14.2 Å². The van der Waals surface area contributed by atoms with Gasteiger partial charge in [0.15, 0.2) is 0 Å². The van der Waals surface area contributed by atoms with Crippen LogP contribution in [0.25, 0.3) is 24.3 Å². The SMILES string of the molecule is COc1ccc(C=Cc2ccc(N(c3ccccc3)c3ccc(CCc4ccc(N(c5ccccc5)c5ccc(C=Cc6ccc(OC)cc6)cc5)cc4)cc3)cc2)cc1. The quantitative estimate of drug-likeness (QED) is 0.0968. The standard InChI is InChI=1S/C56H48N2O2/c1-59-55-39-27-47(28-40-55)17-15-45-23-35-53(36-24-45)57(49-9-5-3-6-10-49)51-31-19-43(20-32-51)13-14-44-21-33-52(34-22-44)58(50-11-7-4-8-12-50)54-37-25-46(26-38-54)16-18-48-29-41-56(60-2)42-30-48/h3-12,15-42H,13-14H2,1-2H3. The Kier molecular flexibility index (Phi) is 12.6. The van der Waals surface area contributed by atoms with Crippen molar-refractivity contribution >= 4 is 58.4 Å². The minimum Gasteiger partial charge on any atom is -0.497 e. The van der Waals surface area contributed by atoms with E-state index >= 15 is 0 Å². The lowest BCUT2D eigenvalue weighted by Gasteiger charge is -2.26. The molecular formula is C56H48N2O2. The second-order valence-corrected chi connectivity index (χ2v) is 14.6. The topological polar surface area (TPSA) is 24.9 Å². The summed E-state index contributed by atoms with van der Waals surface area (Å²) in [7, 11) is 3.38. The summed E-state index contributed by atoms with van der Waals surface area (Å²) in [5.74, 6) is 1.72. The van der Waals surface area contributed by atoms with Crippen molar-refractivity contribution in [2.24, 2.45) is 0 Å². The van der Waals surface area contributed by atoms with E-state index in [-0.39, 0.29) is 0 Å². The molecule has 0 saturated carbocycles. The molecule has 8 aromatic rings. The lowest BCUT2D eigenvalue weighted by Crippen LogP contribution is -2.10. The van der Waals surface area contributed by atoms with E-state index in [0.717, 1.165) is 80.7 Å². The number of hydrogen-bond acceptors (Lipinski definition) is 4. The van der Waals surface area contributed by atoms with Crippen molar-refractivity contribution in [2.45, 2.75) is 12.8 Å². The first-order valence-corrected chi connectivity index (χ1v) is 20.3. The van der Waals surface area contributed by atoms with Gasteiger partial charge in [-0.2, -0.15) is 0 Å². The van der Waals surface area contributed by atoms with Crippen molar-refractivity contribution in [3.05, 3.63) is 240 Å². The maximum absolute atomic E-state index is 5.30. The molecule has 0 aliphatic rings. The first kappa shape index (κ1) is 39.3. The molecule has 0 unspecified atom stereocenters. The van der Waals surface area contributed by atoms with Crippen LogP contribution in [0.15, 0.2) is 206 Å². The number of para-hydroxylation sites is 2. The van der Waals surface area contributed by atoms with Crippen molar-refractivity contribution in [2.75, 3.05) is 24.0 Å². The van der Waals surface area contributed by atoms with Crippen molar-refractivity contribution < 1.29 is 9.47 Å². The minimum absolute atomic E-state index is 0.858. The summed E-state index contributed by atoms with van der Waals surface area (Å²) < 4.78 is 10.6. The normalized spacial score (nSPS) is 11.2. The molecule has 8 aromatic carbocycles. The zero-order valence-corrected chi connectivity index (χ0v) is 34.1. The Bertz CT molecular complexity index is 2410. The molecule has 4 nitrogen and oxygen atoms in total. The third kappa shape index (κ3) is 9.93. The second kappa shape index (κ2) is 19.3. The van der Waals surface area contributed by atoms with E-state index in [2.05, 4.69) is 216 Å². The van der Waals surface area contributed by atoms with Crippen LogP contribution in [0.4, 0.5) is 34.1 Å². The van der Waals surface area contributed by atoms with Gasteiger partial charge in [-0.25, -0.2) is 0 Å². The van der Waals surface area contributed by atoms with Crippen molar-refractivity contribution in [3.8, 4) is 11.5 Å². The number of rotatable bonds is 15. The molecule has 0 aromatic heterocycles. The molecule has 0 aliphatic carbocycles. The average molecular weight is 781 g/mol. The van der Waals surface area contributed by atoms with Gasteiger partial charge in [0.2, 0.25) is 0 Å². The number of benzene rings is 8. The van der Waals surface area contributed by atoms with Gasteiger partial charge in [0, 0.05) is 34.1 Å². The van der Waals surface area contributed by atoms with E-state index in [0.29, 0.717) is 0 Å². The number of aryl methyl sites for hydroxylation is 2. The number of nitrogens with zero attached hydrogens (tertiary/aromatic N) is 2. The Morgan fingerprint density at radius 1 is 0.300 bits per heavy atom. The van der Waals surface area contributed by atoms with Crippen molar-refractivity contribution in [1.29, 1.82) is 0 Å². The predicted molar refractivity (Wildman–Crippen MR) is 254 cm³/mol. The number of anilines is 6. The number of ether oxygens (including phenoxy) is 2. The molecule has 0 amide bonds. The van der Waals surface area contributed by atoms with Crippen LogP contribution in [0.1, 0.15) is 33.4 Å². The molecule has 0 fully saturated rings. The summed E-state index contributed by atoms with van der Waals surface area (Å²) in [5, 5.41) is 0. The smallest absolute Gasteiger partial charge is 0.118 e. The zero-order valence-electron chi connectivity index (χ0n) is 34.1. The average Bonchev–Trinajstić information content (AvgIpc) is 3.32. The highest BCUT2D eigenvalue weighted by molar-refractivity contribution is 5.80. The zero-order chi connectivity index (χ0) is 40.9. The van der Waals surface area contributed by atoms with Crippen LogP contribution in [0.2, 0.25) is 0 Å².